The summed E-state index contributed by atoms with van der Waals surface area (Å²) in [6.45, 7) is 6.74. The van der Waals surface area contributed by atoms with E-state index in [1.807, 2.05) is 19.3 Å². The van der Waals surface area contributed by atoms with E-state index in [0.29, 0.717) is 20.9 Å². The molecule has 2 amide bonds. The summed E-state index contributed by atoms with van der Waals surface area (Å²) < 4.78 is 0. The van der Waals surface area contributed by atoms with E-state index in [-0.39, 0.29) is 6.03 Å². The minimum atomic E-state index is -0.0958. The summed E-state index contributed by atoms with van der Waals surface area (Å²) in [5, 5.41) is 4.31. The molecular weight excluding hydrogens is 469 g/mol. The van der Waals surface area contributed by atoms with Gasteiger partial charge in [-0.25, -0.2) is 9.78 Å². The molecule has 174 valence electrons. The largest absolute Gasteiger partial charge is 0.322 e. The van der Waals surface area contributed by atoms with E-state index < -0.39 is 0 Å². The molecule has 1 aromatic carbocycles. The lowest BCUT2D eigenvalue weighted by Crippen LogP contribution is -2.48. The van der Waals surface area contributed by atoms with Crippen LogP contribution in [0.2, 0.25) is 15.2 Å². The number of piperidine rings is 1. The lowest BCUT2D eigenvalue weighted by Gasteiger charge is -2.32. The maximum Gasteiger partial charge on any atom is 0.321 e. The Morgan fingerprint density at radius 3 is 2.28 bits per heavy atom. The van der Waals surface area contributed by atoms with Gasteiger partial charge in [-0.1, -0.05) is 47.3 Å². The number of piperazine rings is 1. The molecule has 0 saturated carbocycles. The van der Waals surface area contributed by atoms with E-state index in [1.165, 1.54) is 37.9 Å². The van der Waals surface area contributed by atoms with E-state index >= 15 is 0 Å². The number of nitrogens with one attached hydrogen (secondary N) is 1. The van der Waals surface area contributed by atoms with Crippen LogP contribution in [0.25, 0.3) is 0 Å². The lowest BCUT2D eigenvalue weighted by molar-refractivity contribution is 0.164. The zero-order valence-electron chi connectivity index (χ0n) is 18.4. The Kier molecular flexibility index (Phi) is 9.88. The summed E-state index contributed by atoms with van der Waals surface area (Å²) in [7, 11) is 2.05. The Bertz CT molecular complexity index is 866. The fourth-order valence-corrected chi connectivity index (χ4v) is 4.07. The van der Waals surface area contributed by atoms with Crippen LogP contribution < -0.4 is 5.32 Å². The van der Waals surface area contributed by atoms with Gasteiger partial charge >= 0.3 is 6.03 Å². The number of pyridine rings is 1. The molecule has 0 bridgehead atoms. The van der Waals surface area contributed by atoms with Crippen LogP contribution in [0.4, 0.5) is 10.5 Å². The summed E-state index contributed by atoms with van der Waals surface area (Å²) in [4.78, 5) is 22.5. The molecular formula is C23H30Cl3N5O. The molecule has 2 aliphatic heterocycles. The van der Waals surface area contributed by atoms with Crippen LogP contribution >= 0.6 is 34.8 Å². The molecule has 0 atom stereocenters. The zero-order chi connectivity index (χ0) is 22.9. The van der Waals surface area contributed by atoms with Crippen LogP contribution in [-0.4, -0.2) is 72.0 Å². The van der Waals surface area contributed by atoms with Gasteiger partial charge in [0, 0.05) is 44.6 Å². The van der Waals surface area contributed by atoms with Gasteiger partial charge in [0.05, 0.1) is 10.0 Å². The number of urea groups is 1. The second kappa shape index (κ2) is 12.6. The van der Waals surface area contributed by atoms with Gasteiger partial charge in [-0.05, 0) is 62.8 Å². The predicted octanol–water partition coefficient (Wildman–Crippen LogP) is 5.49. The monoisotopic (exact) mass is 497 g/mol. The van der Waals surface area contributed by atoms with Gasteiger partial charge in [-0.15, -0.1) is 0 Å². The number of amides is 2. The molecule has 0 spiro atoms. The number of hydrogen-bond acceptors (Lipinski definition) is 4. The van der Waals surface area contributed by atoms with Crippen LogP contribution in [0.1, 0.15) is 24.8 Å². The highest BCUT2D eigenvalue weighted by atomic mass is 35.5. The quantitative estimate of drug-likeness (QED) is 0.568. The number of halogens is 3. The number of likely N-dealkylation sites (N-methyl/N-ethyl adjacent to an activating group) is 1. The first-order valence-corrected chi connectivity index (χ1v) is 12.1. The first kappa shape index (κ1) is 25.1. The Morgan fingerprint density at radius 2 is 1.66 bits per heavy atom. The van der Waals surface area contributed by atoms with Crippen molar-refractivity contribution in [1.82, 2.24) is 19.7 Å². The average molecular weight is 499 g/mol. The molecule has 2 aromatic rings. The van der Waals surface area contributed by atoms with Crippen molar-refractivity contribution < 1.29 is 4.79 Å². The van der Waals surface area contributed by atoms with E-state index in [2.05, 4.69) is 26.2 Å². The van der Waals surface area contributed by atoms with Crippen molar-refractivity contribution in [3.63, 3.8) is 0 Å². The molecule has 1 N–H and O–H groups in total. The van der Waals surface area contributed by atoms with Crippen molar-refractivity contribution >= 4 is 46.5 Å². The van der Waals surface area contributed by atoms with Crippen LogP contribution in [0, 0.1) is 0 Å². The van der Waals surface area contributed by atoms with E-state index in [0.717, 1.165) is 32.7 Å². The molecule has 0 unspecified atom stereocenters. The summed E-state index contributed by atoms with van der Waals surface area (Å²) in [5.41, 5.74) is 1.92. The standard InChI is InChI=1S/C12H15Cl2N3O.C11H15ClN2/c1-16-4-6-17(7-5-16)12(18)15-9-2-3-10(13)11(14)8-9;12-11-5-4-10(8-13-11)9-14-6-2-1-3-7-14/h2-3,8H,4-7H2,1H3,(H,15,18);4-5,8H,1-3,6-7,9H2. The fourth-order valence-electron chi connectivity index (χ4n) is 3.66. The minimum Gasteiger partial charge on any atom is -0.322 e. The SMILES string of the molecule is CN1CCN(C(=O)Nc2ccc(Cl)c(Cl)c2)CC1.Clc1ccc(CN2CCCCC2)cn1. The highest BCUT2D eigenvalue weighted by molar-refractivity contribution is 6.42. The first-order valence-electron chi connectivity index (χ1n) is 10.9. The molecule has 3 heterocycles. The molecule has 4 rings (SSSR count). The number of aromatic nitrogens is 1. The van der Waals surface area contributed by atoms with Gasteiger partial charge in [-0.2, -0.15) is 0 Å². The maximum atomic E-state index is 12.0. The topological polar surface area (TPSA) is 51.7 Å². The Balaban J connectivity index is 0.000000186. The van der Waals surface area contributed by atoms with Crippen molar-refractivity contribution in [1.29, 1.82) is 0 Å². The summed E-state index contributed by atoms with van der Waals surface area (Å²) in [6.07, 6.45) is 5.92. The fraction of sp³-hybridized carbons (Fsp3) is 0.478. The third kappa shape index (κ3) is 8.09. The summed E-state index contributed by atoms with van der Waals surface area (Å²) in [6, 6.07) is 8.88. The van der Waals surface area contributed by atoms with Crippen LogP contribution in [-0.2, 0) is 6.54 Å². The van der Waals surface area contributed by atoms with Crippen LogP contribution in [0.3, 0.4) is 0 Å². The smallest absolute Gasteiger partial charge is 0.321 e. The third-order valence-corrected chi connectivity index (χ3v) is 6.57. The molecule has 6 nitrogen and oxygen atoms in total. The minimum absolute atomic E-state index is 0.0958. The number of carbonyl (C=O) groups excluding carboxylic acids is 1. The van der Waals surface area contributed by atoms with E-state index in [4.69, 9.17) is 34.8 Å². The van der Waals surface area contributed by atoms with E-state index in [1.54, 1.807) is 23.1 Å². The molecule has 1 aromatic heterocycles. The summed E-state index contributed by atoms with van der Waals surface area (Å²) >= 11 is 17.4. The van der Waals surface area contributed by atoms with Crippen molar-refractivity contribution in [2.75, 3.05) is 51.6 Å². The van der Waals surface area contributed by atoms with Gasteiger partial charge in [0.25, 0.3) is 0 Å². The number of carbonyl (C=O) groups is 1. The number of rotatable bonds is 3. The maximum absolute atomic E-state index is 12.0. The van der Waals surface area contributed by atoms with Crippen molar-refractivity contribution in [3.8, 4) is 0 Å². The van der Waals surface area contributed by atoms with Crippen LogP contribution in [0.5, 0.6) is 0 Å². The van der Waals surface area contributed by atoms with Gasteiger partial charge in [0.15, 0.2) is 0 Å². The third-order valence-electron chi connectivity index (χ3n) is 5.60. The molecule has 2 saturated heterocycles. The molecule has 32 heavy (non-hydrogen) atoms. The lowest BCUT2D eigenvalue weighted by atomic mass is 10.1. The van der Waals surface area contributed by atoms with Crippen molar-refractivity contribution in [3.05, 3.63) is 57.3 Å². The van der Waals surface area contributed by atoms with Gasteiger partial charge < -0.3 is 15.1 Å². The highest BCUT2D eigenvalue weighted by Gasteiger charge is 2.19. The van der Waals surface area contributed by atoms with Crippen molar-refractivity contribution in [2.45, 2.75) is 25.8 Å². The second-order valence-electron chi connectivity index (χ2n) is 8.18. The zero-order valence-corrected chi connectivity index (χ0v) is 20.6. The summed E-state index contributed by atoms with van der Waals surface area (Å²) in [5.74, 6) is 0. The number of anilines is 1. The van der Waals surface area contributed by atoms with Crippen molar-refractivity contribution in [2.24, 2.45) is 0 Å². The number of hydrogen-bond donors (Lipinski definition) is 1. The van der Waals surface area contributed by atoms with Gasteiger partial charge in [0.2, 0.25) is 0 Å². The average Bonchev–Trinajstić information content (AvgIpc) is 2.79. The highest BCUT2D eigenvalue weighted by Crippen LogP contribution is 2.25. The first-order chi connectivity index (χ1) is 15.4. The molecule has 0 aliphatic carbocycles. The second-order valence-corrected chi connectivity index (χ2v) is 9.38. The molecule has 0 radical (unpaired) electrons. The molecule has 9 heteroatoms. The number of nitrogens with zero attached hydrogens (tertiary/aromatic N) is 4. The Morgan fingerprint density at radius 1 is 0.938 bits per heavy atom. The Hall–Kier alpha value is -1.57. The Labute approximate surface area is 205 Å². The normalized spacial score (nSPS) is 17.4. The number of benzene rings is 1. The van der Waals surface area contributed by atoms with Gasteiger partial charge in [0.1, 0.15) is 5.15 Å². The van der Waals surface area contributed by atoms with Gasteiger partial charge in [-0.3, -0.25) is 4.90 Å². The van der Waals surface area contributed by atoms with E-state index in [9.17, 15) is 4.79 Å². The number of likely N-dealkylation sites (tertiary alicyclic amines) is 1. The predicted molar refractivity (Wildman–Crippen MR) is 133 cm³/mol. The molecule has 2 aliphatic rings. The van der Waals surface area contributed by atoms with Crippen LogP contribution in [0.15, 0.2) is 36.5 Å². The molecule has 2 fully saturated rings.